The molecule has 0 aliphatic heterocycles. The fourth-order valence-electron chi connectivity index (χ4n) is 1.80. The van der Waals surface area contributed by atoms with Gasteiger partial charge in [0.15, 0.2) is 0 Å². The SMILES string of the molecule is CCn1nc(C)c(NC(=O)c2ccnnc2)c1C. The van der Waals surface area contributed by atoms with Crippen LogP contribution in [-0.2, 0) is 6.54 Å². The third-order valence-electron chi connectivity index (χ3n) is 2.77. The van der Waals surface area contributed by atoms with Gasteiger partial charge in [0.05, 0.1) is 35.0 Å². The molecule has 0 saturated heterocycles. The molecule has 2 rings (SSSR count). The third kappa shape index (κ3) is 2.22. The lowest BCUT2D eigenvalue weighted by Gasteiger charge is -2.05. The quantitative estimate of drug-likeness (QED) is 0.890. The Morgan fingerprint density at radius 1 is 1.39 bits per heavy atom. The minimum atomic E-state index is -0.202. The smallest absolute Gasteiger partial charge is 0.257 e. The van der Waals surface area contributed by atoms with Crippen LogP contribution < -0.4 is 5.32 Å². The molecule has 6 heteroatoms. The minimum absolute atomic E-state index is 0.202. The van der Waals surface area contributed by atoms with E-state index in [2.05, 4.69) is 20.6 Å². The van der Waals surface area contributed by atoms with E-state index >= 15 is 0 Å². The van der Waals surface area contributed by atoms with Crippen molar-refractivity contribution in [1.29, 1.82) is 0 Å². The van der Waals surface area contributed by atoms with Gasteiger partial charge in [-0.15, -0.1) is 0 Å². The van der Waals surface area contributed by atoms with Crippen LogP contribution in [0.1, 0.15) is 28.7 Å². The first kappa shape index (κ1) is 12.2. The van der Waals surface area contributed by atoms with Gasteiger partial charge in [-0.25, -0.2) is 0 Å². The van der Waals surface area contributed by atoms with Crippen molar-refractivity contribution >= 4 is 11.6 Å². The van der Waals surface area contributed by atoms with Crippen LogP contribution in [0.3, 0.4) is 0 Å². The van der Waals surface area contributed by atoms with E-state index in [9.17, 15) is 4.79 Å². The van der Waals surface area contributed by atoms with Gasteiger partial charge < -0.3 is 5.32 Å². The second-order valence-corrected chi connectivity index (χ2v) is 3.95. The van der Waals surface area contributed by atoms with E-state index in [0.717, 1.165) is 23.6 Å². The summed E-state index contributed by atoms with van der Waals surface area (Å²) in [6, 6.07) is 1.62. The fraction of sp³-hybridized carbons (Fsp3) is 0.333. The van der Waals surface area contributed by atoms with E-state index in [1.54, 1.807) is 6.07 Å². The van der Waals surface area contributed by atoms with Crippen molar-refractivity contribution in [3.8, 4) is 0 Å². The predicted octanol–water partition coefficient (Wildman–Crippen LogP) is 1.56. The Morgan fingerprint density at radius 3 is 2.72 bits per heavy atom. The van der Waals surface area contributed by atoms with E-state index in [1.165, 1.54) is 12.4 Å². The van der Waals surface area contributed by atoms with Gasteiger partial charge in [0.25, 0.3) is 5.91 Å². The van der Waals surface area contributed by atoms with Crippen molar-refractivity contribution in [3.63, 3.8) is 0 Å². The lowest BCUT2D eigenvalue weighted by atomic mass is 10.2. The van der Waals surface area contributed by atoms with Gasteiger partial charge in [-0.1, -0.05) is 0 Å². The monoisotopic (exact) mass is 245 g/mol. The number of nitrogens with zero attached hydrogens (tertiary/aromatic N) is 4. The number of hydrogen-bond donors (Lipinski definition) is 1. The van der Waals surface area contributed by atoms with Gasteiger partial charge in [-0.3, -0.25) is 9.48 Å². The van der Waals surface area contributed by atoms with Gasteiger partial charge in [0, 0.05) is 6.54 Å². The van der Waals surface area contributed by atoms with Crippen molar-refractivity contribution in [3.05, 3.63) is 35.4 Å². The molecule has 0 aliphatic rings. The Hall–Kier alpha value is -2.24. The molecule has 18 heavy (non-hydrogen) atoms. The summed E-state index contributed by atoms with van der Waals surface area (Å²) in [5.41, 5.74) is 3.00. The topological polar surface area (TPSA) is 72.7 Å². The lowest BCUT2D eigenvalue weighted by molar-refractivity contribution is 0.102. The zero-order valence-electron chi connectivity index (χ0n) is 10.6. The van der Waals surface area contributed by atoms with Gasteiger partial charge in [0.2, 0.25) is 0 Å². The molecule has 0 bridgehead atoms. The first-order valence-corrected chi connectivity index (χ1v) is 5.75. The highest BCUT2D eigenvalue weighted by Crippen LogP contribution is 2.19. The zero-order valence-corrected chi connectivity index (χ0v) is 10.6. The number of rotatable bonds is 3. The largest absolute Gasteiger partial charge is 0.319 e. The van der Waals surface area contributed by atoms with Gasteiger partial charge >= 0.3 is 0 Å². The highest BCUT2D eigenvalue weighted by molar-refractivity contribution is 6.04. The molecule has 2 aromatic heterocycles. The third-order valence-corrected chi connectivity index (χ3v) is 2.77. The zero-order chi connectivity index (χ0) is 13.1. The number of carbonyl (C=O) groups excluding carboxylic acids is 1. The standard InChI is InChI=1S/C12H15N5O/c1-4-17-9(3)11(8(2)16-17)15-12(18)10-5-6-13-14-7-10/h5-7H,4H2,1-3H3,(H,15,18). The van der Waals surface area contributed by atoms with Gasteiger partial charge in [-0.2, -0.15) is 15.3 Å². The number of hydrogen-bond acceptors (Lipinski definition) is 4. The van der Waals surface area contributed by atoms with Crippen molar-refractivity contribution < 1.29 is 4.79 Å². The predicted molar refractivity (Wildman–Crippen MR) is 67.4 cm³/mol. The summed E-state index contributed by atoms with van der Waals surface area (Å²) in [7, 11) is 0. The molecule has 0 fully saturated rings. The van der Waals surface area contributed by atoms with Crippen LogP contribution in [0.25, 0.3) is 0 Å². The van der Waals surface area contributed by atoms with Crippen LogP contribution in [0.2, 0.25) is 0 Å². The summed E-state index contributed by atoms with van der Waals surface area (Å²) in [6.45, 7) is 6.60. The van der Waals surface area contributed by atoms with Crippen molar-refractivity contribution in [1.82, 2.24) is 20.0 Å². The van der Waals surface area contributed by atoms with Crippen LogP contribution in [0, 0.1) is 13.8 Å². The van der Waals surface area contributed by atoms with Crippen LogP contribution in [0.15, 0.2) is 18.5 Å². The second kappa shape index (κ2) is 4.95. The molecule has 0 spiro atoms. The van der Waals surface area contributed by atoms with Crippen molar-refractivity contribution in [2.24, 2.45) is 0 Å². The van der Waals surface area contributed by atoms with E-state index in [1.807, 2.05) is 25.5 Å². The minimum Gasteiger partial charge on any atom is -0.319 e. The highest BCUT2D eigenvalue weighted by atomic mass is 16.1. The molecule has 2 aromatic rings. The second-order valence-electron chi connectivity index (χ2n) is 3.95. The summed E-state index contributed by atoms with van der Waals surface area (Å²) < 4.78 is 1.86. The number of aryl methyl sites for hydroxylation is 2. The molecule has 0 aromatic carbocycles. The van der Waals surface area contributed by atoms with Crippen LogP contribution in [0.4, 0.5) is 5.69 Å². The molecular formula is C12H15N5O. The lowest BCUT2D eigenvalue weighted by Crippen LogP contribution is -2.13. The molecule has 0 atom stereocenters. The number of nitrogens with one attached hydrogen (secondary N) is 1. The number of amides is 1. The molecular weight excluding hydrogens is 230 g/mol. The summed E-state index contributed by atoms with van der Waals surface area (Å²) in [5.74, 6) is -0.202. The Balaban J connectivity index is 2.25. The van der Waals surface area contributed by atoms with Gasteiger partial charge in [-0.05, 0) is 26.8 Å². The maximum atomic E-state index is 12.0. The maximum Gasteiger partial charge on any atom is 0.257 e. The van der Waals surface area contributed by atoms with Crippen LogP contribution in [-0.4, -0.2) is 25.9 Å². The number of anilines is 1. The van der Waals surface area contributed by atoms with Gasteiger partial charge in [0.1, 0.15) is 0 Å². The Bertz CT molecular complexity index is 561. The van der Waals surface area contributed by atoms with E-state index in [4.69, 9.17) is 0 Å². The van der Waals surface area contributed by atoms with Crippen LogP contribution in [0.5, 0.6) is 0 Å². The van der Waals surface area contributed by atoms with E-state index in [0.29, 0.717) is 5.56 Å². The highest BCUT2D eigenvalue weighted by Gasteiger charge is 2.14. The normalized spacial score (nSPS) is 10.4. The average molecular weight is 245 g/mol. The average Bonchev–Trinajstić information content (AvgIpc) is 2.67. The molecule has 0 saturated carbocycles. The summed E-state index contributed by atoms with van der Waals surface area (Å²) in [4.78, 5) is 12.0. The first-order chi connectivity index (χ1) is 8.63. The van der Waals surface area contributed by atoms with Crippen LogP contribution >= 0.6 is 0 Å². The molecule has 1 amide bonds. The molecule has 2 heterocycles. The molecule has 0 unspecified atom stereocenters. The number of carbonyl (C=O) groups is 1. The molecule has 94 valence electrons. The summed E-state index contributed by atoms with van der Waals surface area (Å²) in [5, 5.41) is 14.5. The molecule has 0 aliphatic carbocycles. The van der Waals surface area contributed by atoms with E-state index in [-0.39, 0.29) is 5.91 Å². The summed E-state index contributed by atoms with van der Waals surface area (Å²) in [6.07, 6.45) is 2.92. The van der Waals surface area contributed by atoms with Crippen molar-refractivity contribution in [2.75, 3.05) is 5.32 Å². The first-order valence-electron chi connectivity index (χ1n) is 5.75. The Kier molecular flexibility index (Phi) is 3.36. The molecule has 1 N–H and O–H groups in total. The fourth-order valence-corrected chi connectivity index (χ4v) is 1.80. The molecule has 6 nitrogen and oxygen atoms in total. The maximum absolute atomic E-state index is 12.0. The molecule has 0 radical (unpaired) electrons. The Morgan fingerprint density at radius 2 is 2.17 bits per heavy atom. The van der Waals surface area contributed by atoms with E-state index < -0.39 is 0 Å². The van der Waals surface area contributed by atoms with Crippen molar-refractivity contribution in [2.45, 2.75) is 27.3 Å². The summed E-state index contributed by atoms with van der Waals surface area (Å²) >= 11 is 0. The number of aromatic nitrogens is 4. The Labute approximate surface area is 105 Å².